The van der Waals surface area contributed by atoms with Crippen LogP contribution in [-0.2, 0) is 9.59 Å². The van der Waals surface area contributed by atoms with Crippen LogP contribution in [0.1, 0.15) is 55.0 Å². The molecule has 198 valence electrons. The molecule has 2 aromatic heterocycles. The van der Waals surface area contributed by atoms with Crippen LogP contribution in [0, 0.1) is 19.8 Å². The maximum atomic E-state index is 13.3. The van der Waals surface area contributed by atoms with Gasteiger partial charge in [0.2, 0.25) is 23.5 Å². The molecule has 2 saturated heterocycles. The van der Waals surface area contributed by atoms with Crippen molar-refractivity contribution in [1.29, 1.82) is 0 Å². The lowest BCUT2D eigenvalue weighted by molar-refractivity contribution is -0.136. The van der Waals surface area contributed by atoms with Gasteiger partial charge in [0.15, 0.2) is 0 Å². The molecule has 3 fully saturated rings. The highest BCUT2D eigenvalue weighted by atomic mass is 16.5. The van der Waals surface area contributed by atoms with Gasteiger partial charge in [-0.2, -0.15) is 4.98 Å². The summed E-state index contributed by atoms with van der Waals surface area (Å²) in [6.07, 6.45) is 6.75. The van der Waals surface area contributed by atoms with Crippen molar-refractivity contribution in [2.24, 2.45) is 5.92 Å². The number of pyridine rings is 1. The smallest absolute Gasteiger partial charge is 0.230 e. The molecule has 1 unspecified atom stereocenters. The molecule has 1 saturated carbocycles. The van der Waals surface area contributed by atoms with Crippen molar-refractivity contribution >= 4 is 23.3 Å². The van der Waals surface area contributed by atoms with Gasteiger partial charge in [0.1, 0.15) is 5.82 Å². The van der Waals surface area contributed by atoms with Crippen LogP contribution in [0.5, 0.6) is 0 Å². The molecule has 2 aliphatic heterocycles. The predicted molar refractivity (Wildman–Crippen MR) is 144 cm³/mol. The number of nitrogens with zero attached hydrogens (tertiary/aromatic N) is 6. The molecule has 0 spiro atoms. The maximum Gasteiger partial charge on any atom is 0.230 e. The predicted octanol–water partition coefficient (Wildman–Crippen LogP) is 4.11. The molecule has 6 rings (SSSR count). The summed E-state index contributed by atoms with van der Waals surface area (Å²) in [6, 6.07) is 9.99. The first-order valence-corrected chi connectivity index (χ1v) is 13.7. The first kappa shape index (κ1) is 24.6. The Bertz CT molecular complexity index is 1320. The van der Waals surface area contributed by atoms with E-state index in [1.54, 1.807) is 11.1 Å². The molecule has 3 aliphatic rings. The number of hydrogen-bond acceptors (Lipinski definition) is 7. The number of aryl methyl sites for hydroxylation is 2. The monoisotopic (exact) mass is 514 g/mol. The van der Waals surface area contributed by atoms with E-state index in [2.05, 4.69) is 26.9 Å². The molecule has 1 atom stereocenters. The zero-order valence-electron chi connectivity index (χ0n) is 22.1. The number of aromatic nitrogens is 3. The third-order valence-corrected chi connectivity index (χ3v) is 8.34. The van der Waals surface area contributed by atoms with Gasteiger partial charge in [-0.1, -0.05) is 24.1 Å². The average Bonchev–Trinajstić information content (AvgIpc) is 3.71. The van der Waals surface area contributed by atoms with Crippen LogP contribution in [0.4, 0.5) is 11.5 Å². The molecule has 0 radical (unpaired) electrons. The molecule has 9 heteroatoms. The minimum absolute atomic E-state index is 0.0199. The third kappa shape index (κ3) is 4.77. The zero-order chi connectivity index (χ0) is 26.2. The summed E-state index contributed by atoms with van der Waals surface area (Å²) in [5.41, 5.74) is 4.06. The van der Waals surface area contributed by atoms with E-state index in [4.69, 9.17) is 4.52 Å². The minimum Gasteiger partial charge on any atom is -0.353 e. The Morgan fingerprint density at radius 1 is 1.00 bits per heavy atom. The second-order valence-corrected chi connectivity index (χ2v) is 10.8. The van der Waals surface area contributed by atoms with E-state index in [1.807, 2.05) is 42.2 Å². The first-order valence-electron chi connectivity index (χ1n) is 13.7. The van der Waals surface area contributed by atoms with Crippen molar-refractivity contribution in [3.05, 3.63) is 53.5 Å². The van der Waals surface area contributed by atoms with Crippen molar-refractivity contribution < 1.29 is 14.1 Å². The Kier molecular flexibility index (Phi) is 6.59. The van der Waals surface area contributed by atoms with Gasteiger partial charge in [0.05, 0.1) is 5.92 Å². The van der Waals surface area contributed by atoms with E-state index in [0.717, 1.165) is 41.4 Å². The highest BCUT2D eigenvalue weighted by Crippen LogP contribution is 2.34. The molecule has 0 bridgehead atoms. The average molecular weight is 515 g/mol. The van der Waals surface area contributed by atoms with Crippen LogP contribution in [0.2, 0.25) is 0 Å². The quantitative estimate of drug-likeness (QED) is 0.506. The second kappa shape index (κ2) is 10.2. The van der Waals surface area contributed by atoms with Crippen molar-refractivity contribution in [1.82, 2.24) is 20.0 Å². The molecule has 1 aliphatic carbocycles. The number of rotatable bonds is 5. The fraction of sp³-hybridized carbons (Fsp3) is 0.483. The fourth-order valence-electron chi connectivity index (χ4n) is 5.83. The van der Waals surface area contributed by atoms with Gasteiger partial charge in [-0.15, -0.1) is 0 Å². The van der Waals surface area contributed by atoms with Crippen LogP contribution in [-0.4, -0.2) is 64.6 Å². The molecule has 38 heavy (non-hydrogen) atoms. The summed E-state index contributed by atoms with van der Waals surface area (Å²) >= 11 is 0. The van der Waals surface area contributed by atoms with Crippen molar-refractivity contribution in [2.75, 3.05) is 42.5 Å². The largest absolute Gasteiger partial charge is 0.353 e. The number of hydrogen-bond donors (Lipinski definition) is 0. The van der Waals surface area contributed by atoms with E-state index in [0.29, 0.717) is 44.5 Å². The Labute approximate surface area is 222 Å². The van der Waals surface area contributed by atoms with Crippen LogP contribution >= 0.6 is 0 Å². The number of piperazine rings is 1. The van der Waals surface area contributed by atoms with Gasteiger partial charge < -0.3 is 19.2 Å². The Hall–Kier alpha value is -3.75. The van der Waals surface area contributed by atoms with E-state index >= 15 is 0 Å². The Morgan fingerprint density at radius 2 is 1.79 bits per heavy atom. The summed E-state index contributed by atoms with van der Waals surface area (Å²) in [5.74, 6) is 2.38. The Balaban J connectivity index is 1.04. The fourth-order valence-corrected chi connectivity index (χ4v) is 5.83. The van der Waals surface area contributed by atoms with Gasteiger partial charge >= 0.3 is 0 Å². The Morgan fingerprint density at radius 3 is 2.50 bits per heavy atom. The highest BCUT2D eigenvalue weighted by molar-refractivity contribution is 6.00. The maximum absolute atomic E-state index is 13.3. The summed E-state index contributed by atoms with van der Waals surface area (Å²) in [7, 11) is 0. The summed E-state index contributed by atoms with van der Waals surface area (Å²) in [5, 5.41) is 4.17. The third-order valence-electron chi connectivity index (χ3n) is 8.34. The molecule has 1 aromatic carbocycles. The molecular formula is C29H34N6O3. The first-order chi connectivity index (χ1) is 18.5. The van der Waals surface area contributed by atoms with E-state index in [-0.39, 0.29) is 24.2 Å². The number of amides is 2. The van der Waals surface area contributed by atoms with Crippen LogP contribution in [0.25, 0.3) is 11.4 Å². The highest BCUT2D eigenvalue weighted by Gasteiger charge is 2.38. The minimum atomic E-state index is -0.294. The van der Waals surface area contributed by atoms with Gasteiger partial charge in [-0.05, 0) is 62.1 Å². The lowest BCUT2D eigenvalue weighted by Gasteiger charge is -2.36. The van der Waals surface area contributed by atoms with E-state index in [1.165, 1.54) is 18.4 Å². The lowest BCUT2D eigenvalue weighted by atomic mass is 10.1. The number of benzene rings is 1. The number of carbonyl (C=O) groups is 2. The number of carbonyl (C=O) groups excluding carboxylic acids is 2. The van der Waals surface area contributed by atoms with Crippen LogP contribution in [0.15, 0.2) is 41.1 Å². The molecular weight excluding hydrogens is 480 g/mol. The molecule has 0 N–H and O–H groups in total. The zero-order valence-corrected chi connectivity index (χ0v) is 22.1. The van der Waals surface area contributed by atoms with Crippen molar-refractivity contribution in [3.63, 3.8) is 0 Å². The van der Waals surface area contributed by atoms with Gasteiger partial charge in [-0.25, -0.2) is 4.98 Å². The van der Waals surface area contributed by atoms with Crippen molar-refractivity contribution in [2.45, 2.75) is 51.9 Å². The number of anilines is 2. The van der Waals surface area contributed by atoms with Crippen molar-refractivity contribution in [3.8, 4) is 11.4 Å². The SMILES string of the molecule is Cc1ccc(N2CC(C(=O)N3CCN(c4ccc(-c5noc(C6CCCC6)n5)cn4)CC3)CC2=O)cc1C. The van der Waals surface area contributed by atoms with Gasteiger partial charge in [-0.3, -0.25) is 9.59 Å². The summed E-state index contributed by atoms with van der Waals surface area (Å²) < 4.78 is 5.51. The standard InChI is InChI=1S/C29H34N6O3/c1-19-7-9-24(15-20(19)2)35-18-23(16-26(35)36)29(37)34-13-11-33(12-14-34)25-10-8-22(17-30-25)27-31-28(38-32-27)21-5-3-4-6-21/h7-10,15,17,21,23H,3-6,11-14,16,18H2,1-2H3. The molecule has 3 aromatic rings. The lowest BCUT2D eigenvalue weighted by Crippen LogP contribution is -2.51. The van der Waals surface area contributed by atoms with Gasteiger partial charge in [0.25, 0.3) is 0 Å². The molecule has 4 heterocycles. The summed E-state index contributed by atoms with van der Waals surface area (Å²) in [6.45, 7) is 7.19. The van der Waals surface area contributed by atoms with Crippen LogP contribution < -0.4 is 9.80 Å². The topological polar surface area (TPSA) is 95.7 Å². The van der Waals surface area contributed by atoms with Gasteiger partial charge in [0, 0.05) is 62.5 Å². The van der Waals surface area contributed by atoms with E-state index in [9.17, 15) is 9.59 Å². The summed E-state index contributed by atoms with van der Waals surface area (Å²) in [4.78, 5) is 41.1. The molecule has 9 nitrogen and oxygen atoms in total. The van der Waals surface area contributed by atoms with E-state index < -0.39 is 0 Å². The second-order valence-electron chi connectivity index (χ2n) is 10.8. The molecule has 2 amide bonds. The normalized spacial score (nSPS) is 20.5. The van der Waals surface area contributed by atoms with Crippen LogP contribution in [0.3, 0.4) is 0 Å².